The van der Waals surface area contributed by atoms with Crippen molar-refractivity contribution in [2.75, 3.05) is 12.3 Å². The first kappa shape index (κ1) is 12.4. The van der Waals surface area contributed by atoms with Crippen molar-refractivity contribution in [2.45, 2.75) is 6.92 Å². The predicted octanol–water partition coefficient (Wildman–Crippen LogP) is 2.52. The van der Waals surface area contributed by atoms with Crippen molar-refractivity contribution in [1.29, 1.82) is 0 Å². The first-order chi connectivity index (χ1) is 9.69. The number of fused-ring (bicyclic) bond motifs is 1. The summed E-state index contributed by atoms with van der Waals surface area (Å²) in [4.78, 5) is 0. The monoisotopic (exact) mass is 272 g/mol. The minimum atomic E-state index is -0.433. The van der Waals surface area contributed by atoms with Crippen LogP contribution in [0.1, 0.15) is 6.92 Å². The van der Waals surface area contributed by atoms with Gasteiger partial charge < -0.3 is 10.5 Å². The van der Waals surface area contributed by atoms with Gasteiger partial charge >= 0.3 is 0 Å². The van der Waals surface area contributed by atoms with Gasteiger partial charge in [-0.3, -0.25) is 4.40 Å². The summed E-state index contributed by atoms with van der Waals surface area (Å²) in [6.45, 7) is 2.49. The van der Waals surface area contributed by atoms with Gasteiger partial charge in [0.2, 0.25) is 0 Å². The summed E-state index contributed by atoms with van der Waals surface area (Å²) in [5.74, 6) is 0.816. The number of hydrogen-bond donors (Lipinski definition) is 1. The number of aromatic nitrogens is 3. The molecule has 0 unspecified atom stereocenters. The number of anilines is 1. The normalized spacial score (nSPS) is 10.9. The maximum absolute atomic E-state index is 13.5. The zero-order valence-electron chi connectivity index (χ0n) is 10.9. The minimum absolute atomic E-state index is 0.254. The molecule has 1 aromatic carbocycles. The lowest BCUT2D eigenvalue weighted by Crippen LogP contribution is -1.97. The van der Waals surface area contributed by atoms with Gasteiger partial charge in [0.25, 0.3) is 0 Å². The van der Waals surface area contributed by atoms with E-state index in [-0.39, 0.29) is 5.69 Å². The molecule has 0 atom stereocenters. The molecule has 2 N–H and O–H groups in total. The Bertz CT molecular complexity index is 769. The Morgan fingerprint density at radius 1 is 1.30 bits per heavy atom. The van der Waals surface area contributed by atoms with E-state index in [9.17, 15) is 4.39 Å². The smallest absolute Gasteiger partial charge is 0.184 e. The molecule has 2 aromatic heterocycles. The molecule has 0 saturated heterocycles. The predicted molar refractivity (Wildman–Crippen MR) is 74.0 cm³/mol. The van der Waals surface area contributed by atoms with Gasteiger partial charge in [0.1, 0.15) is 11.6 Å². The van der Waals surface area contributed by atoms with E-state index in [0.717, 1.165) is 11.3 Å². The van der Waals surface area contributed by atoms with E-state index in [1.165, 1.54) is 16.7 Å². The van der Waals surface area contributed by atoms with Crippen LogP contribution in [0.4, 0.5) is 10.1 Å². The maximum atomic E-state index is 13.5. The Morgan fingerprint density at radius 3 is 2.95 bits per heavy atom. The van der Waals surface area contributed by atoms with Gasteiger partial charge in [0, 0.05) is 17.8 Å². The molecule has 0 aliphatic carbocycles. The fraction of sp³-hybridized carbons (Fsp3) is 0.143. The molecule has 5 nitrogen and oxygen atoms in total. The van der Waals surface area contributed by atoms with Crippen LogP contribution in [0.3, 0.4) is 0 Å². The Balaban J connectivity index is 2.17. The molecular weight excluding hydrogens is 259 g/mol. The second-order valence-electron chi connectivity index (χ2n) is 4.29. The van der Waals surface area contributed by atoms with Gasteiger partial charge in [-0.25, -0.2) is 4.39 Å². The van der Waals surface area contributed by atoms with Gasteiger partial charge in [-0.15, -0.1) is 10.2 Å². The third-order valence-electron chi connectivity index (χ3n) is 2.90. The average Bonchev–Trinajstić information content (AvgIpc) is 2.83. The van der Waals surface area contributed by atoms with Gasteiger partial charge in [-0.1, -0.05) is 12.1 Å². The zero-order chi connectivity index (χ0) is 14.1. The van der Waals surface area contributed by atoms with Gasteiger partial charge in [-0.2, -0.15) is 0 Å². The summed E-state index contributed by atoms with van der Waals surface area (Å²) in [6, 6.07) is 8.63. The highest BCUT2D eigenvalue weighted by atomic mass is 19.1. The summed E-state index contributed by atoms with van der Waals surface area (Å²) in [7, 11) is 0. The van der Waals surface area contributed by atoms with Crippen molar-refractivity contribution in [3.63, 3.8) is 0 Å². The van der Waals surface area contributed by atoms with Crippen LogP contribution in [0.2, 0.25) is 0 Å². The van der Waals surface area contributed by atoms with Crippen molar-refractivity contribution in [2.24, 2.45) is 0 Å². The summed E-state index contributed by atoms with van der Waals surface area (Å²) in [5.41, 5.74) is 7.21. The lowest BCUT2D eigenvalue weighted by molar-refractivity contribution is 0.340. The molecule has 0 saturated carbocycles. The number of nitrogens with two attached hydrogens (primary N) is 1. The topological polar surface area (TPSA) is 65.4 Å². The zero-order valence-corrected chi connectivity index (χ0v) is 10.9. The van der Waals surface area contributed by atoms with Crippen LogP contribution in [0.5, 0.6) is 5.75 Å². The van der Waals surface area contributed by atoms with E-state index >= 15 is 0 Å². The van der Waals surface area contributed by atoms with Crippen molar-refractivity contribution in [1.82, 2.24) is 14.6 Å². The number of nitrogen functional groups attached to an aromatic ring is 1. The Morgan fingerprint density at radius 2 is 2.15 bits per heavy atom. The standard InChI is InChI=1S/C14H13FN4O/c1-2-20-11-5-3-4-9(6-11)13-17-18-14-12(16)7-10(15)8-19(13)14/h3-8H,2,16H2,1H3. The molecule has 0 bridgehead atoms. The summed E-state index contributed by atoms with van der Waals surface area (Å²) in [5, 5.41) is 8.07. The molecule has 20 heavy (non-hydrogen) atoms. The molecule has 2 heterocycles. The Hall–Kier alpha value is -2.63. The van der Waals surface area contributed by atoms with Crippen LogP contribution in [-0.2, 0) is 0 Å². The number of pyridine rings is 1. The summed E-state index contributed by atoms with van der Waals surface area (Å²) < 4.78 is 20.5. The van der Waals surface area contributed by atoms with Crippen molar-refractivity contribution in [3.05, 3.63) is 42.3 Å². The molecule has 0 aliphatic heterocycles. The van der Waals surface area contributed by atoms with E-state index in [1.807, 2.05) is 31.2 Å². The molecule has 0 aliphatic rings. The lowest BCUT2D eigenvalue weighted by atomic mass is 10.2. The van der Waals surface area contributed by atoms with Crippen molar-refractivity contribution in [3.8, 4) is 17.1 Å². The van der Waals surface area contributed by atoms with Crippen molar-refractivity contribution >= 4 is 11.3 Å². The van der Waals surface area contributed by atoms with Crippen LogP contribution in [0.15, 0.2) is 36.5 Å². The van der Waals surface area contributed by atoms with E-state index in [0.29, 0.717) is 18.1 Å². The second kappa shape index (κ2) is 4.80. The maximum Gasteiger partial charge on any atom is 0.184 e. The van der Waals surface area contributed by atoms with E-state index in [2.05, 4.69) is 10.2 Å². The van der Waals surface area contributed by atoms with E-state index < -0.39 is 5.82 Å². The fourth-order valence-electron chi connectivity index (χ4n) is 2.07. The SMILES string of the molecule is CCOc1cccc(-c2nnc3c(N)cc(F)cn23)c1. The molecular formula is C14H13FN4O. The number of rotatable bonds is 3. The molecule has 102 valence electrons. The number of hydrogen-bond acceptors (Lipinski definition) is 4. The van der Waals surface area contributed by atoms with Gasteiger partial charge in [0.05, 0.1) is 12.3 Å². The first-order valence-electron chi connectivity index (χ1n) is 6.22. The average molecular weight is 272 g/mol. The van der Waals surface area contributed by atoms with Gasteiger partial charge in [0.15, 0.2) is 11.5 Å². The third kappa shape index (κ3) is 2.05. The molecule has 3 rings (SSSR count). The molecule has 0 fully saturated rings. The fourth-order valence-corrected chi connectivity index (χ4v) is 2.07. The van der Waals surface area contributed by atoms with Gasteiger partial charge in [-0.05, 0) is 19.1 Å². The van der Waals surface area contributed by atoms with Crippen LogP contribution >= 0.6 is 0 Å². The lowest BCUT2D eigenvalue weighted by Gasteiger charge is -2.05. The Kier molecular flexibility index (Phi) is 2.98. The third-order valence-corrected chi connectivity index (χ3v) is 2.90. The molecule has 3 aromatic rings. The van der Waals surface area contributed by atoms with Crippen LogP contribution in [0, 0.1) is 5.82 Å². The first-order valence-corrected chi connectivity index (χ1v) is 6.22. The molecule has 0 radical (unpaired) electrons. The highest BCUT2D eigenvalue weighted by molar-refractivity contribution is 5.69. The van der Waals surface area contributed by atoms with Crippen molar-refractivity contribution < 1.29 is 9.13 Å². The summed E-state index contributed by atoms with van der Waals surface area (Å²) >= 11 is 0. The highest BCUT2D eigenvalue weighted by Gasteiger charge is 2.12. The molecule has 0 amide bonds. The van der Waals surface area contributed by atoms with E-state index in [4.69, 9.17) is 10.5 Å². The van der Waals surface area contributed by atoms with E-state index in [1.54, 1.807) is 0 Å². The number of benzene rings is 1. The minimum Gasteiger partial charge on any atom is -0.494 e. The van der Waals surface area contributed by atoms with Crippen LogP contribution in [0.25, 0.3) is 17.0 Å². The molecule has 0 spiro atoms. The summed E-state index contributed by atoms with van der Waals surface area (Å²) in [6.07, 6.45) is 1.31. The van der Waals surface area contributed by atoms with Crippen LogP contribution < -0.4 is 10.5 Å². The largest absolute Gasteiger partial charge is 0.494 e. The van der Waals surface area contributed by atoms with Crippen LogP contribution in [-0.4, -0.2) is 21.2 Å². The number of nitrogens with zero attached hydrogens (tertiary/aromatic N) is 3. The quantitative estimate of drug-likeness (QED) is 0.795. The number of halogens is 1. The Labute approximate surface area is 114 Å². The molecule has 6 heteroatoms. The second-order valence-corrected chi connectivity index (χ2v) is 4.29. The highest BCUT2D eigenvalue weighted by Crippen LogP contribution is 2.25. The number of ether oxygens (including phenoxy) is 1.